The standard InChI is InChI=1S/C26H24P2.C10H15.C4H.Fe/c1-5-13-23(14-6-1)27(24-15-7-2-8-16-24)21-22-28(25-17-9-3-10-18-25)26-19-11-4-12-20-26;1-6-7(2)9(4)10(5)8(6)3;1-3-4-2;/h1-20H,21-22H2;1-5H3;1H;/q;;-1;. The van der Waals surface area contributed by atoms with Crippen LogP contribution >= 0.6 is 15.8 Å². The molecule has 219 valence electrons. The van der Waals surface area contributed by atoms with Gasteiger partial charge in [-0.3, -0.25) is 11.8 Å². The molecule has 4 aromatic carbocycles. The fourth-order valence-corrected chi connectivity index (χ4v) is 10.2. The molecule has 3 heteroatoms. The average Bonchev–Trinajstić information content (AvgIpc) is 3.22. The fraction of sp³-hybridized carbons (Fsp3) is 0.175. The number of hydrogen-bond acceptors (Lipinski definition) is 0. The zero-order valence-electron chi connectivity index (χ0n) is 25.8. The number of terminal acetylenes is 1. The summed E-state index contributed by atoms with van der Waals surface area (Å²) < 4.78 is 0. The van der Waals surface area contributed by atoms with Gasteiger partial charge in [-0.2, -0.15) is 0 Å². The molecule has 1 aliphatic carbocycles. The topological polar surface area (TPSA) is 0 Å². The molecule has 0 unspecified atom stereocenters. The van der Waals surface area contributed by atoms with Crippen LogP contribution in [0.25, 0.3) is 0 Å². The first-order valence-electron chi connectivity index (χ1n) is 14.2. The van der Waals surface area contributed by atoms with Gasteiger partial charge in [0.05, 0.1) is 0 Å². The molecule has 1 radical (unpaired) electrons. The molecule has 0 atom stereocenters. The Labute approximate surface area is 274 Å². The van der Waals surface area contributed by atoms with Crippen LogP contribution in [-0.2, 0) is 17.1 Å². The van der Waals surface area contributed by atoms with Gasteiger partial charge < -0.3 is 6.42 Å². The molecule has 1 aliphatic rings. The summed E-state index contributed by atoms with van der Waals surface area (Å²) in [7, 11) is -0.696. The Balaban J connectivity index is 0.000000359. The van der Waals surface area contributed by atoms with Crippen molar-refractivity contribution in [2.75, 3.05) is 12.3 Å². The maximum atomic E-state index is 5.97. The summed E-state index contributed by atoms with van der Waals surface area (Å²) in [5.74, 6) is 5.02. The number of allylic oxidation sites excluding steroid dienone is 4. The van der Waals surface area contributed by atoms with Crippen molar-refractivity contribution < 1.29 is 17.1 Å². The van der Waals surface area contributed by atoms with E-state index in [2.05, 4.69) is 162 Å². The minimum atomic E-state index is -0.348. The minimum Gasteiger partial charge on any atom is -0.358 e. The molecule has 0 spiro atoms. The maximum absolute atomic E-state index is 5.97. The van der Waals surface area contributed by atoms with Crippen LogP contribution in [0.15, 0.2) is 144 Å². The summed E-state index contributed by atoms with van der Waals surface area (Å²) in [5, 5.41) is 5.89. The van der Waals surface area contributed by atoms with Gasteiger partial charge in [-0.15, -0.1) is 0 Å². The van der Waals surface area contributed by atoms with Crippen molar-refractivity contribution in [2.45, 2.75) is 34.6 Å². The van der Waals surface area contributed by atoms with Gasteiger partial charge in [0.25, 0.3) is 0 Å². The summed E-state index contributed by atoms with van der Waals surface area (Å²) >= 11 is 0. The largest absolute Gasteiger partial charge is 0.358 e. The molecule has 0 aliphatic heterocycles. The zero-order chi connectivity index (χ0) is 30.3. The van der Waals surface area contributed by atoms with E-state index in [1.807, 2.05) is 5.92 Å². The number of benzene rings is 4. The third-order valence-electron chi connectivity index (χ3n) is 7.70. The van der Waals surface area contributed by atoms with Gasteiger partial charge in [0.15, 0.2) is 0 Å². The number of hydrogen-bond donors (Lipinski definition) is 0. The van der Waals surface area contributed by atoms with Gasteiger partial charge in [-0.1, -0.05) is 139 Å². The van der Waals surface area contributed by atoms with Crippen molar-refractivity contribution >= 4 is 37.1 Å². The zero-order valence-corrected chi connectivity index (χ0v) is 28.7. The van der Waals surface area contributed by atoms with Gasteiger partial charge >= 0.3 is 0 Å². The summed E-state index contributed by atoms with van der Waals surface area (Å²) in [6.07, 6.45) is 12.9. The molecule has 0 saturated heterocycles. The second-order valence-electron chi connectivity index (χ2n) is 10.0. The van der Waals surface area contributed by atoms with Crippen LogP contribution < -0.4 is 21.2 Å². The second kappa shape index (κ2) is 19.2. The molecular formula is C40H40FeP2-. The van der Waals surface area contributed by atoms with Crippen LogP contribution in [0.1, 0.15) is 34.6 Å². The summed E-state index contributed by atoms with van der Waals surface area (Å²) in [6.45, 7) is 11.0. The molecular weight excluding hydrogens is 598 g/mol. The van der Waals surface area contributed by atoms with Gasteiger partial charge in [0, 0.05) is 23.0 Å². The quantitative estimate of drug-likeness (QED) is 0.0823. The van der Waals surface area contributed by atoms with Gasteiger partial charge in [0.1, 0.15) is 0 Å². The number of rotatable bonds is 7. The molecule has 0 heterocycles. The maximum Gasteiger partial charge on any atom is 0.0226 e. The van der Waals surface area contributed by atoms with Crippen LogP contribution in [0.5, 0.6) is 0 Å². The van der Waals surface area contributed by atoms with E-state index < -0.39 is 0 Å². The van der Waals surface area contributed by atoms with Crippen LogP contribution in [0.3, 0.4) is 0 Å². The van der Waals surface area contributed by atoms with Crippen molar-refractivity contribution in [3.05, 3.63) is 156 Å². The van der Waals surface area contributed by atoms with Crippen LogP contribution in [-0.4, -0.2) is 12.3 Å². The predicted octanol–water partition coefficient (Wildman–Crippen LogP) is 8.73. The van der Waals surface area contributed by atoms with E-state index in [1.54, 1.807) is 5.92 Å². The molecule has 0 fully saturated rings. The molecule has 43 heavy (non-hydrogen) atoms. The minimum absolute atomic E-state index is 0. The molecule has 0 saturated carbocycles. The molecule has 4 aromatic rings. The van der Waals surface area contributed by atoms with Gasteiger partial charge in [0.2, 0.25) is 0 Å². The Morgan fingerprint density at radius 1 is 0.488 bits per heavy atom. The summed E-state index contributed by atoms with van der Waals surface area (Å²) in [4.78, 5) is 0. The molecule has 0 bridgehead atoms. The van der Waals surface area contributed by atoms with Crippen LogP contribution in [0, 0.1) is 30.6 Å². The van der Waals surface area contributed by atoms with E-state index in [-0.39, 0.29) is 32.9 Å². The van der Waals surface area contributed by atoms with Crippen molar-refractivity contribution in [2.24, 2.45) is 0 Å². The fourth-order valence-electron chi connectivity index (χ4n) is 4.85. The summed E-state index contributed by atoms with van der Waals surface area (Å²) in [5.41, 5.74) is 5.87. The van der Waals surface area contributed by atoms with Crippen molar-refractivity contribution in [1.29, 1.82) is 0 Å². The average molecular weight is 639 g/mol. The Morgan fingerprint density at radius 3 is 0.884 bits per heavy atom. The van der Waals surface area contributed by atoms with E-state index in [1.165, 1.54) is 61.8 Å². The molecule has 0 amide bonds. The monoisotopic (exact) mass is 638 g/mol. The Bertz CT molecular complexity index is 1330. The van der Waals surface area contributed by atoms with E-state index in [0.29, 0.717) is 0 Å². The van der Waals surface area contributed by atoms with E-state index in [0.717, 1.165) is 0 Å². The van der Waals surface area contributed by atoms with Crippen molar-refractivity contribution in [1.82, 2.24) is 0 Å². The molecule has 0 N–H and O–H groups in total. The Hall–Kier alpha value is -3.14. The summed E-state index contributed by atoms with van der Waals surface area (Å²) in [6, 6.07) is 44.2. The van der Waals surface area contributed by atoms with E-state index >= 15 is 0 Å². The molecule has 5 rings (SSSR count). The SMILES string of the molecule is C[C]1C(C)=C(C)C(C)=C1C.[C-]#CC#C.[Fe].c1ccc(P(CCP(c2ccccc2)c2ccccc2)c2ccccc2)cc1. The first kappa shape index (κ1) is 36.1. The smallest absolute Gasteiger partial charge is 0.0226 e. The van der Waals surface area contributed by atoms with Crippen LogP contribution in [0.4, 0.5) is 0 Å². The van der Waals surface area contributed by atoms with Crippen molar-refractivity contribution in [3.63, 3.8) is 0 Å². The second-order valence-corrected chi connectivity index (χ2v) is 14.7. The first-order chi connectivity index (χ1) is 20.4. The van der Waals surface area contributed by atoms with Crippen molar-refractivity contribution in [3.8, 4) is 18.3 Å². The normalized spacial score (nSPS) is 12.4. The predicted molar refractivity (Wildman–Crippen MR) is 190 cm³/mol. The van der Waals surface area contributed by atoms with E-state index in [4.69, 9.17) is 6.42 Å². The van der Waals surface area contributed by atoms with Gasteiger partial charge in [-0.25, -0.2) is 6.42 Å². The first-order valence-corrected chi connectivity index (χ1v) is 17.3. The third kappa shape index (κ3) is 10.5. The molecule has 0 nitrogen and oxygen atoms in total. The Kier molecular flexibility index (Phi) is 16.1. The van der Waals surface area contributed by atoms with Crippen LogP contribution in [0.2, 0.25) is 0 Å². The molecule has 0 aromatic heterocycles. The van der Waals surface area contributed by atoms with Gasteiger partial charge in [-0.05, 0) is 88.2 Å². The third-order valence-corrected chi connectivity index (χ3v) is 13.1. The van der Waals surface area contributed by atoms with E-state index in [9.17, 15) is 0 Å². The Morgan fingerprint density at radius 2 is 0.721 bits per heavy atom.